The van der Waals surface area contributed by atoms with Crippen LogP contribution < -0.4 is 0 Å². The first-order valence-corrected chi connectivity index (χ1v) is 18.3. The van der Waals surface area contributed by atoms with E-state index in [1.165, 1.54) is 16.7 Å². The van der Waals surface area contributed by atoms with Crippen molar-refractivity contribution < 1.29 is 2.85 Å². The zero-order valence-electron chi connectivity index (χ0n) is 31.8. The van der Waals surface area contributed by atoms with Crippen LogP contribution in [0.5, 0.6) is 0 Å². The molecule has 4 nitrogen and oxygen atoms in total. The maximum Gasteiger partial charge on any atom is 2.00 e. The Labute approximate surface area is 336 Å². The quantitative estimate of drug-likeness (QED) is 0.176. The van der Waals surface area contributed by atoms with Gasteiger partial charge in [0, 0.05) is 48.8 Å². The average Bonchev–Trinajstić information content (AvgIpc) is 3.99. The van der Waals surface area contributed by atoms with E-state index in [1.807, 2.05) is 0 Å². The largest absolute Gasteiger partial charge is 2.00 e. The molecule has 2 aliphatic heterocycles. The third kappa shape index (κ3) is 6.63. The standard InChI is InChI=1S/C47H35BrN4.Mg.2H/c1-28-4-10-31(11-5-28)44-36-20-22-38(49-36)45(32-12-6-29(2)7-13-32)40-24-26-42(51-40)47(34-16-18-35(48)19-17-34)43-27-25-41(52-43)46(39-23-21-37(44)50-39)33-14-8-30(3)9-15-33;;;/h4-27,49,52H,1-3H3;;;/q;+2;2*-1. The van der Waals surface area contributed by atoms with Gasteiger partial charge in [-0.1, -0.05) is 118 Å². The van der Waals surface area contributed by atoms with E-state index in [0.717, 1.165) is 93.8 Å². The van der Waals surface area contributed by atoms with Gasteiger partial charge in [0.1, 0.15) is 0 Å². The van der Waals surface area contributed by atoms with Crippen molar-refractivity contribution in [2.75, 3.05) is 0 Å². The smallest absolute Gasteiger partial charge is 1.00 e. The predicted molar refractivity (Wildman–Crippen MR) is 230 cm³/mol. The van der Waals surface area contributed by atoms with Crippen LogP contribution in [0.1, 0.15) is 42.3 Å². The van der Waals surface area contributed by atoms with Crippen molar-refractivity contribution in [1.29, 1.82) is 0 Å². The van der Waals surface area contributed by atoms with Gasteiger partial charge < -0.3 is 12.8 Å². The number of halogens is 1. The van der Waals surface area contributed by atoms with Gasteiger partial charge in [-0.05, 0) is 104 Å². The number of H-pyrrole nitrogens is 2. The van der Waals surface area contributed by atoms with E-state index >= 15 is 0 Å². The van der Waals surface area contributed by atoms with Crippen LogP contribution >= 0.6 is 15.9 Å². The van der Waals surface area contributed by atoms with Crippen molar-refractivity contribution in [3.63, 3.8) is 0 Å². The number of fused-ring (bicyclic) bond motifs is 8. The van der Waals surface area contributed by atoms with E-state index in [1.54, 1.807) is 0 Å². The molecular weight excluding hydrogens is 725 g/mol. The summed E-state index contributed by atoms with van der Waals surface area (Å²) in [7, 11) is 0. The third-order valence-electron chi connectivity index (χ3n) is 9.91. The molecule has 2 N–H and O–H groups in total. The van der Waals surface area contributed by atoms with Crippen LogP contribution in [0.25, 0.3) is 90.9 Å². The van der Waals surface area contributed by atoms with Gasteiger partial charge in [0.25, 0.3) is 0 Å². The Bertz CT molecular complexity index is 2370. The fraction of sp³-hybridized carbons (Fsp3) is 0.0638. The number of nitrogens with zero attached hydrogens (tertiary/aromatic N) is 2. The second-order valence-electron chi connectivity index (χ2n) is 13.6. The van der Waals surface area contributed by atoms with Crippen LogP contribution in [0.4, 0.5) is 0 Å². The second-order valence-corrected chi connectivity index (χ2v) is 14.5. The summed E-state index contributed by atoms with van der Waals surface area (Å²) in [5.74, 6) is 0. The number of aryl methyl sites for hydroxylation is 3. The fourth-order valence-corrected chi connectivity index (χ4v) is 7.46. The van der Waals surface area contributed by atoms with Crippen LogP contribution in [0.15, 0.2) is 126 Å². The van der Waals surface area contributed by atoms with Crippen molar-refractivity contribution in [3.8, 4) is 44.5 Å². The Hall–Kier alpha value is -5.27. The average molecular weight is 762 g/mol. The minimum Gasteiger partial charge on any atom is -1.00 e. The molecule has 8 bridgehead atoms. The van der Waals surface area contributed by atoms with Gasteiger partial charge in [0.15, 0.2) is 0 Å². The Morgan fingerprint density at radius 2 is 0.623 bits per heavy atom. The zero-order chi connectivity index (χ0) is 35.3. The van der Waals surface area contributed by atoms with Gasteiger partial charge >= 0.3 is 23.1 Å². The van der Waals surface area contributed by atoms with Crippen molar-refractivity contribution in [2.24, 2.45) is 0 Å². The summed E-state index contributed by atoms with van der Waals surface area (Å²) >= 11 is 3.64. The maximum atomic E-state index is 5.41. The molecule has 0 aliphatic carbocycles. The van der Waals surface area contributed by atoms with E-state index < -0.39 is 0 Å². The molecular formula is C47H37BrMgN4. The third-order valence-corrected chi connectivity index (χ3v) is 10.4. The Kier molecular flexibility index (Phi) is 9.37. The molecule has 0 spiro atoms. The number of aromatic nitrogens is 4. The number of rotatable bonds is 4. The van der Waals surface area contributed by atoms with Gasteiger partial charge in [-0.2, -0.15) is 0 Å². The van der Waals surface area contributed by atoms with Crippen molar-refractivity contribution in [2.45, 2.75) is 20.8 Å². The molecule has 53 heavy (non-hydrogen) atoms. The molecule has 7 aromatic rings. The summed E-state index contributed by atoms with van der Waals surface area (Å²) < 4.78 is 1.03. The summed E-state index contributed by atoms with van der Waals surface area (Å²) in [6.45, 7) is 6.36. The monoisotopic (exact) mass is 760 g/mol. The van der Waals surface area contributed by atoms with Crippen LogP contribution in [0.2, 0.25) is 0 Å². The minimum atomic E-state index is 0. The number of aromatic amines is 2. The molecule has 9 rings (SSSR count). The number of hydrogen-bond donors (Lipinski definition) is 2. The SMILES string of the molecule is Cc1ccc(-c2c3nc(c(-c4ccc(C)cc4)c4ccc([nH]4)c(-c4ccc(Br)cc4)c4nc(c(-c5ccc(C)cc5)c5ccc2[nH]5)C=C4)C=C3)cc1.[H-].[H-].[Mg+2]. The predicted octanol–water partition coefficient (Wildman–Crippen LogP) is 12.9. The Balaban J connectivity index is 0.00000171. The first-order chi connectivity index (χ1) is 25.4. The van der Waals surface area contributed by atoms with Gasteiger partial charge in [-0.3, -0.25) is 0 Å². The molecule has 0 amide bonds. The van der Waals surface area contributed by atoms with E-state index in [9.17, 15) is 0 Å². The van der Waals surface area contributed by atoms with E-state index in [0.29, 0.717) is 0 Å². The molecule has 0 saturated carbocycles. The summed E-state index contributed by atoms with van der Waals surface area (Å²) in [6, 6.07) is 43.3. The maximum absolute atomic E-state index is 5.41. The zero-order valence-corrected chi connectivity index (χ0v) is 32.8. The molecule has 0 fully saturated rings. The molecule has 3 aromatic heterocycles. The van der Waals surface area contributed by atoms with Gasteiger partial charge in [0.05, 0.1) is 22.8 Å². The Morgan fingerprint density at radius 3 is 0.887 bits per heavy atom. The number of benzene rings is 4. The van der Waals surface area contributed by atoms with Crippen molar-refractivity contribution in [1.82, 2.24) is 19.9 Å². The molecule has 2 aliphatic rings. The number of hydrogen-bond acceptors (Lipinski definition) is 2. The topological polar surface area (TPSA) is 57.4 Å². The van der Waals surface area contributed by atoms with Gasteiger partial charge in [-0.25, -0.2) is 9.97 Å². The Morgan fingerprint density at radius 1 is 0.377 bits per heavy atom. The summed E-state index contributed by atoms with van der Waals surface area (Å²) in [4.78, 5) is 18.5. The van der Waals surface area contributed by atoms with Crippen LogP contribution in [0.3, 0.4) is 0 Å². The molecule has 5 heterocycles. The number of nitrogens with one attached hydrogen (secondary N) is 2. The van der Waals surface area contributed by atoms with Crippen molar-refractivity contribution >= 4 is 85.4 Å². The van der Waals surface area contributed by atoms with Crippen LogP contribution in [0, 0.1) is 20.8 Å². The van der Waals surface area contributed by atoms with E-state index in [-0.39, 0.29) is 25.9 Å². The molecule has 0 atom stereocenters. The minimum absolute atomic E-state index is 0. The fourth-order valence-electron chi connectivity index (χ4n) is 7.20. The summed E-state index contributed by atoms with van der Waals surface area (Å²) in [5.41, 5.74) is 19.7. The first kappa shape index (κ1) is 34.8. The normalized spacial score (nSPS) is 11.8. The molecule has 0 radical (unpaired) electrons. The van der Waals surface area contributed by atoms with Gasteiger partial charge in [-0.15, -0.1) is 0 Å². The van der Waals surface area contributed by atoms with Crippen LogP contribution in [-0.2, 0) is 0 Å². The van der Waals surface area contributed by atoms with E-state index in [2.05, 4.69) is 192 Å². The van der Waals surface area contributed by atoms with E-state index in [4.69, 9.17) is 9.97 Å². The molecule has 4 aromatic carbocycles. The summed E-state index contributed by atoms with van der Waals surface area (Å²) in [5, 5.41) is 0. The molecule has 254 valence electrons. The summed E-state index contributed by atoms with van der Waals surface area (Å²) in [6.07, 6.45) is 8.58. The van der Waals surface area contributed by atoms with Crippen LogP contribution in [-0.4, -0.2) is 43.0 Å². The second kappa shape index (κ2) is 14.3. The molecule has 0 unspecified atom stereocenters. The van der Waals surface area contributed by atoms with Gasteiger partial charge in [0.2, 0.25) is 0 Å². The molecule has 0 saturated heterocycles. The van der Waals surface area contributed by atoms with Crippen molar-refractivity contribution in [3.05, 3.63) is 165 Å². The first-order valence-electron chi connectivity index (χ1n) is 17.5. The molecule has 6 heteroatoms.